The molecule has 114 valence electrons. The Balaban J connectivity index is 2.01. The van der Waals surface area contributed by atoms with Crippen LogP contribution < -0.4 is 10.1 Å². The van der Waals surface area contributed by atoms with E-state index in [0.717, 1.165) is 36.9 Å². The Morgan fingerprint density at radius 3 is 2.71 bits per heavy atom. The van der Waals surface area contributed by atoms with Gasteiger partial charge in [-0.15, -0.1) is 0 Å². The molecule has 2 rings (SSSR count). The van der Waals surface area contributed by atoms with Crippen molar-refractivity contribution < 1.29 is 9.15 Å². The number of hydrogen-bond acceptors (Lipinski definition) is 4. The fourth-order valence-electron chi connectivity index (χ4n) is 2.45. The molecule has 1 aromatic carbocycles. The van der Waals surface area contributed by atoms with Crippen LogP contribution in [0.25, 0.3) is 0 Å². The van der Waals surface area contributed by atoms with Crippen LogP contribution in [0.1, 0.15) is 22.6 Å². The van der Waals surface area contributed by atoms with Gasteiger partial charge in [-0.1, -0.05) is 18.2 Å². The first kappa shape index (κ1) is 15.6. The first-order valence-electron chi connectivity index (χ1n) is 7.17. The maximum absolute atomic E-state index is 5.88. The minimum Gasteiger partial charge on any atom is -0.496 e. The van der Waals surface area contributed by atoms with E-state index in [4.69, 9.17) is 9.15 Å². The van der Waals surface area contributed by atoms with Crippen LogP contribution in [-0.2, 0) is 19.6 Å². The summed E-state index contributed by atoms with van der Waals surface area (Å²) in [6.07, 6.45) is 0. The van der Waals surface area contributed by atoms with Crippen LogP contribution in [0.4, 0.5) is 0 Å². The SMILES string of the molecule is CNCc1oc(CN(C)Cc2ccccc2OC)cc1C. The second-order valence-electron chi connectivity index (χ2n) is 5.33. The van der Waals surface area contributed by atoms with Crippen molar-refractivity contribution in [2.45, 2.75) is 26.6 Å². The standard InChI is InChI=1S/C17H24N2O2/c1-13-9-15(21-17(13)10-18-2)12-19(3)11-14-7-5-6-8-16(14)20-4/h5-9,18H,10-12H2,1-4H3. The second-order valence-corrected chi connectivity index (χ2v) is 5.33. The van der Waals surface area contributed by atoms with Gasteiger partial charge >= 0.3 is 0 Å². The number of aryl methyl sites for hydroxylation is 1. The first-order chi connectivity index (χ1) is 10.1. The Hall–Kier alpha value is -1.78. The van der Waals surface area contributed by atoms with Crippen molar-refractivity contribution >= 4 is 0 Å². The number of nitrogens with one attached hydrogen (secondary N) is 1. The number of hydrogen-bond donors (Lipinski definition) is 1. The molecular weight excluding hydrogens is 264 g/mol. The van der Waals surface area contributed by atoms with Crippen molar-refractivity contribution in [3.05, 3.63) is 53.0 Å². The summed E-state index contributed by atoms with van der Waals surface area (Å²) < 4.78 is 11.3. The molecule has 1 N–H and O–H groups in total. The van der Waals surface area contributed by atoms with Crippen molar-refractivity contribution in [3.63, 3.8) is 0 Å². The minimum absolute atomic E-state index is 0.766. The zero-order valence-electron chi connectivity index (χ0n) is 13.3. The molecule has 4 nitrogen and oxygen atoms in total. The third kappa shape index (κ3) is 4.09. The van der Waals surface area contributed by atoms with Crippen LogP contribution in [0.3, 0.4) is 0 Å². The van der Waals surface area contributed by atoms with Gasteiger partial charge < -0.3 is 14.5 Å². The van der Waals surface area contributed by atoms with E-state index >= 15 is 0 Å². The average Bonchev–Trinajstić information content (AvgIpc) is 2.79. The highest BCUT2D eigenvalue weighted by Crippen LogP contribution is 2.21. The molecule has 0 saturated heterocycles. The smallest absolute Gasteiger partial charge is 0.123 e. The second kappa shape index (κ2) is 7.29. The molecule has 0 amide bonds. The van der Waals surface area contributed by atoms with Gasteiger partial charge in [0.2, 0.25) is 0 Å². The molecule has 0 aliphatic rings. The molecule has 4 heteroatoms. The Morgan fingerprint density at radius 1 is 1.24 bits per heavy atom. The van der Waals surface area contributed by atoms with E-state index in [9.17, 15) is 0 Å². The summed E-state index contributed by atoms with van der Waals surface area (Å²) in [6, 6.07) is 10.2. The Morgan fingerprint density at radius 2 is 2.00 bits per heavy atom. The zero-order valence-corrected chi connectivity index (χ0v) is 13.3. The van der Waals surface area contributed by atoms with Crippen LogP contribution in [0.5, 0.6) is 5.75 Å². The van der Waals surface area contributed by atoms with Crippen LogP contribution in [0.2, 0.25) is 0 Å². The minimum atomic E-state index is 0.766. The summed E-state index contributed by atoms with van der Waals surface area (Å²) in [5.41, 5.74) is 2.38. The summed E-state index contributed by atoms with van der Waals surface area (Å²) in [7, 11) is 5.72. The zero-order chi connectivity index (χ0) is 15.2. The molecule has 0 aliphatic carbocycles. The Labute approximate surface area is 126 Å². The average molecular weight is 288 g/mol. The number of nitrogens with zero attached hydrogens (tertiary/aromatic N) is 1. The van der Waals surface area contributed by atoms with E-state index in [2.05, 4.69) is 36.3 Å². The predicted molar refractivity (Wildman–Crippen MR) is 84.4 cm³/mol. The highest BCUT2D eigenvalue weighted by molar-refractivity contribution is 5.33. The van der Waals surface area contributed by atoms with Crippen molar-refractivity contribution in [2.24, 2.45) is 0 Å². The number of methoxy groups -OCH3 is 1. The fourth-order valence-corrected chi connectivity index (χ4v) is 2.45. The van der Waals surface area contributed by atoms with Crippen LogP contribution in [0.15, 0.2) is 34.7 Å². The molecule has 0 aliphatic heterocycles. The van der Waals surface area contributed by atoms with E-state index in [0.29, 0.717) is 0 Å². The van der Waals surface area contributed by atoms with Gasteiger partial charge in [0.15, 0.2) is 0 Å². The summed E-state index contributed by atoms with van der Waals surface area (Å²) >= 11 is 0. The maximum Gasteiger partial charge on any atom is 0.123 e. The number of rotatable bonds is 7. The lowest BCUT2D eigenvalue weighted by atomic mass is 10.2. The topological polar surface area (TPSA) is 37.6 Å². The number of para-hydroxylation sites is 1. The quantitative estimate of drug-likeness (QED) is 0.850. The molecule has 0 spiro atoms. The van der Waals surface area contributed by atoms with Crippen LogP contribution in [-0.4, -0.2) is 26.1 Å². The van der Waals surface area contributed by atoms with Gasteiger partial charge in [-0.05, 0) is 38.7 Å². The Bertz CT molecular complexity index is 578. The van der Waals surface area contributed by atoms with Gasteiger partial charge in [-0.2, -0.15) is 0 Å². The van der Waals surface area contributed by atoms with Gasteiger partial charge in [-0.25, -0.2) is 0 Å². The lowest BCUT2D eigenvalue weighted by molar-refractivity contribution is 0.278. The molecular formula is C17H24N2O2. The molecule has 1 aromatic heterocycles. The number of ether oxygens (including phenoxy) is 1. The van der Waals surface area contributed by atoms with Gasteiger partial charge in [0.05, 0.1) is 20.2 Å². The number of benzene rings is 1. The maximum atomic E-state index is 5.88. The van der Waals surface area contributed by atoms with Crippen molar-refractivity contribution in [3.8, 4) is 5.75 Å². The third-order valence-electron chi connectivity index (χ3n) is 3.47. The van der Waals surface area contributed by atoms with Gasteiger partial charge in [0.25, 0.3) is 0 Å². The molecule has 21 heavy (non-hydrogen) atoms. The molecule has 1 heterocycles. The fraction of sp³-hybridized carbons (Fsp3) is 0.412. The molecule has 0 radical (unpaired) electrons. The monoisotopic (exact) mass is 288 g/mol. The van der Waals surface area contributed by atoms with Gasteiger partial charge in [-0.3, -0.25) is 4.90 Å². The largest absolute Gasteiger partial charge is 0.496 e. The van der Waals surface area contributed by atoms with Gasteiger partial charge in [0.1, 0.15) is 17.3 Å². The lowest BCUT2D eigenvalue weighted by Gasteiger charge is -2.17. The van der Waals surface area contributed by atoms with E-state index < -0.39 is 0 Å². The highest BCUT2D eigenvalue weighted by atomic mass is 16.5. The summed E-state index contributed by atoms with van der Waals surface area (Å²) in [5.74, 6) is 2.93. The highest BCUT2D eigenvalue weighted by Gasteiger charge is 2.11. The molecule has 0 bridgehead atoms. The van der Waals surface area contributed by atoms with Crippen LogP contribution >= 0.6 is 0 Å². The van der Waals surface area contributed by atoms with Crippen molar-refractivity contribution in [2.75, 3.05) is 21.2 Å². The van der Waals surface area contributed by atoms with Crippen molar-refractivity contribution in [1.82, 2.24) is 10.2 Å². The first-order valence-corrected chi connectivity index (χ1v) is 7.17. The lowest BCUT2D eigenvalue weighted by Crippen LogP contribution is -2.17. The molecule has 0 saturated carbocycles. The van der Waals surface area contributed by atoms with E-state index in [1.165, 1.54) is 11.1 Å². The van der Waals surface area contributed by atoms with E-state index in [1.807, 2.05) is 25.2 Å². The summed E-state index contributed by atoms with van der Waals surface area (Å²) in [6.45, 7) is 4.45. The van der Waals surface area contributed by atoms with E-state index in [1.54, 1.807) is 7.11 Å². The molecule has 2 aromatic rings. The predicted octanol–water partition coefficient (Wildman–Crippen LogP) is 2.95. The third-order valence-corrected chi connectivity index (χ3v) is 3.47. The molecule has 0 fully saturated rings. The van der Waals surface area contributed by atoms with E-state index in [-0.39, 0.29) is 0 Å². The molecule has 0 unspecified atom stereocenters. The van der Waals surface area contributed by atoms with Crippen LogP contribution in [0, 0.1) is 6.92 Å². The molecule has 0 atom stereocenters. The van der Waals surface area contributed by atoms with Crippen molar-refractivity contribution in [1.29, 1.82) is 0 Å². The summed E-state index contributed by atoms with van der Waals surface area (Å²) in [5, 5.41) is 3.12. The Kier molecular flexibility index (Phi) is 5.42. The summed E-state index contributed by atoms with van der Waals surface area (Å²) in [4.78, 5) is 2.22. The number of furan rings is 1. The van der Waals surface area contributed by atoms with Gasteiger partial charge in [0, 0.05) is 12.1 Å². The normalized spacial score (nSPS) is 11.1.